The number of halogens is 1. The zero-order valence-corrected chi connectivity index (χ0v) is 11.1. The van der Waals surface area contributed by atoms with Crippen molar-refractivity contribution in [1.29, 1.82) is 0 Å². The summed E-state index contributed by atoms with van der Waals surface area (Å²) in [6.45, 7) is 3.09. The van der Waals surface area contributed by atoms with Crippen LogP contribution in [0.2, 0.25) is 0 Å². The van der Waals surface area contributed by atoms with E-state index in [0.717, 1.165) is 18.2 Å². The average Bonchev–Trinajstić information content (AvgIpc) is 2.39. The molecule has 0 radical (unpaired) electrons. The van der Waals surface area contributed by atoms with Gasteiger partial charge < -0.3 is 10.0 Å². The molecule has 1 amide bonds. The first kappa shape index (κ1) is 13.9. The minimum Gasteiger partial charge on any atom is -0.391 e. The Morgan fingerprint density at radius 2 is 2.37 bits per heavy atom. The molecule has 104 valence electrons. The molecule has 0 aliphatic carbocycles. The molecule has 1 aliphatic heterocycles. The molecule has 1 N–H and O–H groups in total. The number of amides is 1. The monoisotopic (exact) mass is 266 g/mol. The maximum absolute atomic E-state index is 12.9. The van der Waals surface area contributed by atoms with Gasteiger partial charge in [-0.05, 0) is 30.4 Å². The molecule has 1 aromatic heterocycles. The quantitative estimate of drug-likeness (QED) is 0.899. The fraction of sp³-hybridized carbons (Fsp3) is 0.571. The van der Waals surface area contributed by atoms with E-state index in [4.69, 9.17) is 0 Å². The fourth-order valence-corrected chi connectivity index (χ4v) is 2.28. The van der Waals surface area contributed by atoms with Crippen LogP contribution in [0, 0.1) is 11.7 Å². The molecule has 0 saturated carbocycles. The van der Waals surface area contributed by atoms with E-state index in [1.54, 1.807) is 11.1 Å². The summed E-state index contributed by atoms with van der Waals surface area (Å²) in [5.74, 6) is -0.126. The molecule has 1 fully saturated rings. The van der Waals surface area contributed by atoms with E-state index in [2.05, 4.69) is 4.98 Å². The van der Waals surface area contributed by atoms with Gasteiger partial charge in [-0.3, -0.25) is 9.78 Å². The summed E-state index contributed by atoms with van der Waals surface area (Å²) in [6, 6.07) is 1.40. The van der Waals surface area contributed by atoms with Crippen LogP contribution in [0.3, 0.4) is 0 Å². The van der Waals surface area contributed by atoms with Crippen molar-refractivity contribution in [2.24, 2.45) is 5.92 Å². The highest BCUT2D eigenvalue weighted by Crippen LogP contribution is 2.18. The number of carbonyl (C=O) groups excluding carboxylic acids is 1. The molecule has 0 bridgehead atoms. The van der Waals surface area contributed by atoms with Crippen LogP contribution in [0.4, 0.5) is 4.39 Å². The third-order valence-electron chi connectivity index (χ3n) is 3.66. The lowest BCUT2D eigenvalue weighted by atomic mass is 9.95. The topological polar surface area (TPSA) is 53.4 Å². The van der Waals surface area contributed by atoms with Gasteiger partial charge in [0.2, 0.25) is 5.91 Å². The van der Waals surface area contributed by atoms with Crippen LogP contribution < -0.4 is 0 Å². The molecule has 2 unspecified atom stereocenters. The molecule has 1 aromatic rings. The van der Waals surface area contributed by atoms with E-state index < -0.39 is 6.10 Å². The number of piperidine rings is 1. The van der Waals surface area contributed by atoms with Crippen molar-refractivity contribution in [2.45, 2.75) is 32.3 Å². The Labute approximate surface area is 112 Å². The molecule has 4 nitrogen and oxygen atoms in total. The van der Waals surface area contributed by atoms with E-state index in [-0.39, 0.29) is 17.6 Å². The first-order valence-electron chi connectivity index (χ1n) is 6.61. The van der Waals surface area contributed by atoms with E-state index >= 15 is 0 Å². The Kier molecular flexibility index (Phi) is 4.47. The number of aliphatic hydroxyl groups excluding tert-OH is 1. The number of hydrogen-bond donors (Lipinski definition) is 1. The molecule has 1 saturated heterocycles. The summed E-state index contributed by atoms with van der Waals surface area (Å²) in [5.41, 5.74) is 0.722. The van der Waals surface area contributed by atoms with Crippen LogP contribution in [-0.2, 0) is 11.2 Å². The molecule has 0 spiro atoms. The summed E-state index contributed by atoms with van der Waals surface area (Å²) >= 11 is 0. The predicted molar refractivity (Wildman–Crippen MR) is 68.9 cm³/mol. The lowest BCUT2D eigenvalue weighted by Gasteiger charge is -2.34. The van der Waals surface area contributed by atoms with Crippen molar-refractivity contribution in [3.05, 3.63) is 29.8 Å². The number of likely N-dealkylation sites (tertiary alicyclic amines) is 1. The van der Waals surface area contributed by atoms with Gasteiger partial charge in [-0.25, -0.2) is 4.39 Å². The number of hydrogen-bond acceptors (Lipinski definition) is 3. The fourth-order valence-electron chi connectivity index (χ4n) is 2.28. The lowest BCUT2D eigenvalue weighted by molar-refractivity contribution is -0.135. The number of carbonyl (C=O) groups is 1. The molecule has 2 heterocycles. The molecule has 2 rings (SSSR count). The number of nitrogens with zero attached hydrogens (tertiary/aromatic N) is 2. The van der Waals surface area contributed by atoms with Crippen molar-refractivity contribution in [3.8, 4) is 0 Å². The Balaban J connectivity index is 1.84. The SMILES string of the molecule is CC1CCN(C(=O)CCc2cncc(F)c2)CC1O. The van der Waals surface area contributed by atoms with Gasteiger partial charge >= 0.3 is 0 Å². The first-order chi connectivity index (χ1) is 9.06. The van der Waals surface area contributed by atoms with Gasteiger partial charge in [-0.15, -0.1) is 0 Å². The summed E-state index contributed by atoms with van der Waals surface area (Å²) < 4.78 is 12.9. The molecule has 0 aromatic carbocycles. The standard InChI is InChI=1S/C14H19FN2O2/c1-10-4-5-17(9-13(10)18)14(19)3-2-11-6-12(15)8-16-7-11/h6-8,10,13,18H,2-5,9H2,1H3. The first-order valence-corrected chi connectivity index (χ1v) is 6.61. The maximum atomic E-state index is 12.9. The zero-order chi connectivity index (χ0) is 13.8. The predicted octanol–water partition coefficient (Wildman–Crippen LogP) is 1.38. The highest BCUT2D eigenvalue weighted by atomic mass is 19.1. The molecule has 5 heteroatoms. The Bertz CT molecular complexity index is 453. The van der Waals surface area contributed by atoms with Gasteiger partial charge in [0.15, 0.2) is 0 Å². The van der Waals surface area contributed by atoms with Crippen molar-refractivity contribution < 1.29 is 14.3 Å². The van der Waals surface area contributed by atoms with Crippen LogP contribution in [0.1, 0.15) is 25.3 Å². The summed E-state index contributed by atoms with van der Waals surface area (Å²) in [7, 11) is 0. The lowest BCUT2D eigenvalue weighted by Crippen LogP contribution is -2.45. The van der Waals surface area contributed by atoms with Crippen LogP contribution >= 0.6 is 0 Å². The summed E-state index contributed by atoms with van der Waals surface area (Å²) in [6.07, 6.45) is 3.91. The highest BCUT2D eigenvalue weighted by molar-refractivity contribution is 5.76. The van der Waals surface area contributed by atoms with Gasteiger partial charge in [-0.1, -0.05) is 6.92 Å². The van der Waals surface area contributed by atoms with Gasteiger partial charge in [0.05, 0.1) is 12.3 Å². The number of rotatable bonds is 3. The summed E-state index contributed by atoms with van der Waals surface area (Å²) in [5, 5.41) is 9.77. The second kappa shape index (κ2) is 6.10. The minimum absolute atomic E-state index is 0.00945. The zero-order valence-electron chi connectivity index (χ0n) is 11.1. The summed E-state index contributed by atoms with van der Waals surface area (Å²) in [4.78, 5) is 17.5. The van der Waals surface area contributed by atoms with Crippen molar-refractivity contribution in [3.63, 3.8) is 0 Å². The number of β-amino-alcohol motifs (C(OH)–C–C–N with tert-alkyl or cyclic N) is 1. The van der Waals surface area contributed by atoms with E-state index in [1.165, 1.54) is 6.07 Å². The van der Waals surface area contributed by atoms with Crippen LogP contribution in [-0.4, -0.2) is 40.1 Å². The Morgan fingerprint density at radius 3 is 3.05 bits per heavy atom. The normalized spacial score (nSPS) is 23.4. The number of aliphatic hydroxyl groups is 1. The number of aromatic nitrogens is 1. The largest absolute Gasteiger partial charge is 0.391 e. The second-order valence-corrected chi connectivity index (χ2v) is 5.18. The Morgan fingerprint density at radius 1 is 1.58 bits per heavy atom. The van der Waals surface area contributed by atoms with Crippen molar-refractivity contribution >= 4 is 5.91 Å². The number of aryl methyl sites for hydroxylation is 1. The molecular weight excluding hydrogens is 247 g/mol. The van der Waals surface area contributed by atoms with E-state index in [9.17, 15) is 14.3 Å². The van der Waals surface area contributed by atoms with Crippen molar-refractivity contribution in [2.75, 3.05) is 13.1 Å². The van der Waals surface area contributed by atoms with Gasteiger partial charge in [-0.2, -0.15) is 0 Å². The van der Waals surface area contributed by atoms with Crippen LogP contribution in [0.15, 0.2) is 18.5 Å². The molecular formula is C14H19FN2O2. The van der Waals surface area contributed by atoms with Crippen LogP contribution in [0.25, 0.3) is 0 Å². The van der Waals surface area contributed by atoms with Gasteiger partial charge in [0, 0.05) is 25.7 Å². The van der Waals surface area contributed by atoms with E-state index in [1.807, 2.05) is 6.92 Å². The number of pyridine rings is 1. The van der Waals surface area contributed by atoms with E-state index in [0.29, 0.717) is 25.9 Å². The van der Waals surface area contributed by atoms with Gasteiger partial charge in [0.1, 0.15) is 5.82 Å². The molecule has 1 aliphatic rings. The molecule has 19 heavy (non-hydrogen) atoms. The van der Waals surface area contributed by atoms with Crippen molar-refractivity contribution in [1.82, 2.24) is 9.88 Å². The third kappa shape index (κ3) is 3.73. The maximum Gasteiger partial charge on any atom is 0.222 e. The van der Waals surface area contributed by atoms with Crippen LogP contribution in [0.5, 0.6) is 0 Å². The third-order valence-corrected chi connectivity index (χ3v) is 3.66. The highest BCUT2D eigenvalue weighted by Gasteiger charge is 2.26. The minimum atomic E-state index is -0.437. The smallest absolute Gasteiger partial charge is 0.222 e. The average molecular weight is 266 g/mol. The molecule has 2 atom stereocenters. The Hall–Kier alpha value is -1.49. The van der Waals surface area contributed by atoms with Gasteiger partial charge in [0.25, 0.3) is 0 Å². The second-order valence-electron chi connectivity index (χ2n) is 5.18.